The summed E-state index contributed by atoms with van der Waals surface area (Å²) in [6.45, 7) is 8.69. The van der Waals surface area contributed by atoms with Gasteiger partial charge in [-0.15, -0.1) is 0 Å². The minimum atomic E-state index is -4.36. The van der Waals surface area contributed by atoms with Gasteiger partial charge in [-0.1, -0.05) is 66.2 Å². The van der Waals surface area contributed by atoms with Gasteiger partial charge in [-0.05, 0) is 37.5 Å². The molecule has 0 radical (unpaired) electrons. The van der Waals surface area contributed by atoms with Gasteiger partial charge in [0.1, 0.15) is 0 Å². The van der Waals surface area contributed by atoms with Crippen molar-refractivity contribution in [2.45, 2.75) is 98.0 Å². The van der Waals surface area contributed by atoms with Crippen LogP contribution in [0.15, 0.2) is 0 Å². The third-order valence-corrected chi connectivity index (χ3v) is 5.26. The van der Waals surface area contributed by atoms with Gasteiger partial charge < -0.3 is 0 Å². The van der Waals surface area contributed by atoms with Crippen LogP contribution in [0.5, 0.6) is 0 Å². The Hall–Kier alpha value is 0.870. The molecule has 0 aromatic heterocycles. The first-order valence-electron chi connectivity index (χ1n) is 9.01. The quantitative estimate of drug-likeness (QED) is 0.382. The Balaban J connectivity index is 0. The van der Waals surface area contributed by atoms with Gasteiger partial charge in [0, 0.05) is 0 Å². The van der Waals surface area contributed by atoms with E-state index in [0.29, 0.717) is 24.7 Å². The molecule has 0 aromatic carbocycles. The Labute approximate surface area is 166 Å². The fourth-order valence-corrected chi connectivity index (χ4v) is 3.53. The molecule has 1 N–H and O–H groups in total. The first-order chi connectivity index (χ1) is 10.4. The van der Waals surface area contributed by atoms with Gasteiger partial charge in [0.15, 0.2) is 0 Å². The average molecular weight is 360 g/mol. The van der Waals surface area contributed by atoms with Crippen molar-refractivity contribution < 1.29 is 46.7 Å². The van der Waals surface area contributed by atoms with Gasteiger partial charge in [0.2, 0.25) is 0 Å². The van der Waals surface area contributed by atoms with Crippen molar-refractivity contribution in [1.29, 1.82) is 0 Å². The van der Waals surface area contributed by atoms with E-state index in [9.17, 15) is 8.42 Å². The predicted molar refractivity (Wildman–Crippen MR) is 92.3 cm³/mol. The zero-order chi connectivity index (χ0) is 17.0. The maximum Gasteiger partial charge on any atom is 1.00 e. The molecule has 0 fully saturated rings. The zero-order valence-electron chi connectivity index (χ0n) is 15.9. The van der Waals surface area contributed by atoms with Gasteiger partial charge in [-0.2, -0.15) is 8.42 Å². The minimum Gasteiger partial charge on any atom is -0.264 e. The molecule has 0 aliphatic heterocycles. The van der Waals surface area contributed by atoms with Crippen LogP contribution < -0.4 is 29.6 Å². The van der Waals surface area contributed by atoms with Gasteiger partial charge >= 0.3 is 40.0 Å². The second-order valence-corrected chi connectivity index (χ2v) is 7.45. The summed E-state index contributed by atoms with van der Waals surface area (Å²) in [6.07, 6.45) is 9.88. The predicted octanol–water partition coefficient (Wildman–Crippen LogP) is 2.39. The summed E-state index contributed by atoms with van der Waals surface area (Å²) in [7, 11) is -4.36. The zero-order valence-corrected chi connectivity index (χ0v) is 18.7. The molecule has 0 saturated carbocycles. The van der Waals surface area contributed by atoms with Crippen LogP contribution in [0.25, 0.3) is 0 Å². The molecule has 6 heteroatoms. The van der Waals surface area contributed by atoms with Crippen LogP contribution in [-0.4, -0.2) is 19.1 Å². The molecular weight excluding hydrogens is 323 g/mol. The molecule has 0 aliphatic rings. The molecule has 0 aromatic rings. The van der Waals surface area contributed by atoms with E-state index in [4.69, 9.17) is 8.74 Å². The van der Waals surface area contributed by atoms with E-state index in [1.54, 1.807) is 0 Å². The van der Waals surface area contributed by atoms with Gasteiger partial charge in [0.25, 0.3) is 0 Å². The Morgan fingerprint density at radius 1 is 0.826 bits per heavy atom. The van der Waals surface area contributed by atoms with Crippen LogP contribution >= 0.6 is 0 Å². The fourth-order valence-electron chi connectivity index (χ4n) is 3.00. The fraction of sp³-hybridized carbons (Fsp3) is 1.00. The summed E-state index contributed by atoms with van der Waals surface area (Å²) in [5, 5.41) is 0. The summed E-state index contributed by atoms with van der Waals surface area (Å²) in [5.74, 6) is 1.23. The van der Waals surface area contributed by atoms with E-state index in [1.165, 1.54) is 19.3 Å². The van der Waals surface area contributed by atoms with Crippen LogP contribution in [0, 0.1) is 11.8 Å². The molecule has 0 amide bonds. The van der Waals surface area contributed by atoms with Crippen molar-refractivity contribution in [3.05, 3.63) is 0 Å². The third kappa shape index (κ3) is 14.9. The summed E-state index contributed by atoms with van der Waals surface area (Å²) >= 11 is 0. The van der Waals surface area contributed by atoms with Crippen molar-refractivity contribution in [1.82, 2.24) is 0 Å². The summed E-state index contributed by atoms with van der Waals surface area (Å²) in [4.78, 5) is 0. The Morgan fingerprint density at radius 2 is 1.30 bits per heavy atom. The van der Waals surface area contributed by atoms with Gasteiger partial charge in [-0.3, -0.25) is 4.55 Å². The number of hydrogen-bond acceptors (Lipinski definition) is 3. The topological polar surface area (TPSA) is 63.6 Å². The van der Waals surface area contributed by atoms with E-state index in [2.05, 4.69) is 27.7 Å². The van der Waals surface area contributed by atoms with E-state index < -0.39 is 10.4 Å². The van der Waals surface area contributed by atoms with E-state index >= 15 is 0 Å². The number of rotatable bonds is 14. The van der Waals surface area contributed by atoms with Crippen LogP contribution in [0.3, 0.4) is 0 Å². The van der Waals surface area contributed by atoms with Gasteiger partial charge in [0.05, 0.1) is 6.10 Å². The van der Waals surface area contributed by atoms with Crippen molar-refractivity contribution >= 4 is 10.4 Å². The molecule has 0 bridgehead atoms. The largest absolute Gasteiger partial charge is 1.00 e. The van der Waals surface area contributed by atoms with Crippen LogP contribution in [0.4, 0.5) is 0 Å². The first-order valence-corrected chi connectivity index (χ1v) is 10.4. The first kappa shape index (κ1) is 26.1. The minimum absolute atomic E-state index is 0. The molecule has 2 unspecified atom stereocenters. The van der Waals surface area contributed by atoms with E-state index in [0.717, 1.165) is 32.1 Å². The van der Waals surface area contributed by atoms with Crippen molar-refractivity contribution in [2.24, 2.45) is 11.8 Å². The van der Waals surface area contributed by atoms with Crippen LogP contribution in [0.2, 0.25) is 0 Å². The standard InChI is InChI=1S/C17H36O4S.Na/c1-5-9-10-16(8-4)12-14-17(21-22(18,19)20)13-11-15(6-2)7-3;/h15-17H,5-14H2,1-4H3,(H,18,19,20);/q;+1. The smallest absolute Gasteiger partial charge is 0.264 e. The summed E-state index contributed by atoms with van der Waals surface area (Å²) in [6, 6.07) is 0. The molecule has 4 nitrogen and oxygen atoms in total. The molecule has 0 saturated heterocycles. The third-order valence-electron chi connectivity index (χ3n) is 4.75. The van der Waals surface area contributed by atoms with Crippen molar-refractivity contribution in [3.8, 4) is 0 Å². The molecule has 0 heterocycles. The Morgan fingerprint density at radius 3 is 1.70 bits per heavy atom. The molecule has 0 aliphatic carbocycles. The Bertz CT molecular complexity index is 356. The Kier molecular flexibility index (Phi) is 17.2. The average Bonchev–Trinajstić information content (AvgIpc) is 2.46. The van der Waals surface area contributed by atoms with E-state index in [1.807, 2.05) is 0 Å². The van der Waals surface area contributed by atoms with E-state index in [-0.39, 0.29) is 35.7 Å². The van der Waals surface area contributed by atoms with Crippen LogP contribution in [0.1, 0.15) is 91.9 Å². The maximum absolute atomic E-state index is 11.0. The van der Waals surface area contributed by atoms with Crippen molar-refractivity contribution in [2.75, 3.05) is 0 Å². The second-order valence-electron chi connectivity index (χ2n) is 6.40. The van der Waals surface area contributed by atoms with Crippen LogP contribution in [-0.2, 0) is 14.6 Å². The summed E-state index contributed by atoms with van der Waals surface area (Å²) in [5.41, 5.74) is 0. The molecular formula is C17H36NaO4S+. The van der Waals surface area contributed by atoms with Gasteiger partial charge in [-0.25, -0.2) is 4.18 Å². The van der Waals surface area contributed by atoms with Crippen molar-refractivity contribution in [3.63, 3.8) is 0 Å². The maximum atomic E-state index is 11.0. The molecule has 23 heavy (non-hydrogen) atoms. The molecule has 0 rings (SSSR count). The summed E-state index contributed by atoms with van der Waals surface area (Å²) < 4.78 is 36.0. The number of hydrogen-bond donors (Lipinski definition) is 1. The second kappa shape index (κ2) is 15.2. The number of unbranched alkanes of at least 4 members (excludes halogenated alkanes) is 1. The monoisotopic (exact) mass is 359 g/mol. The molecule has 0 spiro atoms. The molecule has 2 atom stereocenters. The SMILES string of the molecule is CCCCC(CC)CCC(CCC(CC)CC)OS(=O)(=O)O.[Na+]. The molecule has 134 valence electrons. The normalized spacial score (nSPS) is 14.5.